The number of carbonyl (C=O) groups is 2. The Morgan fingerprint density at radius 1 is 1.19 bits per heavy atom. The van der Waals surface area contributed by atoms with E-state index in [1.807, 2.05) is 23.6 Å². The van der Waals surface area contributed by atoms with Crippen molar-refractivity contribution >= 4 is 34.8 Å². The Hall–Kier alpha value is -1.96. The number of halogens is 4. The van der Waals surface area contributed by atoms with Gasteiger partial charge in [0.2, 0.25) is 5.91 Å². The van der Waals surface area contributed by atoms with Crippen LogP contribution in [0.15, 0.2) is 18.2 Å². The molecule has 0 spiro atoms. The quantitative estimate of drug-likeness (QED) is 0.854. The molecular weight excluding hydrogens is 371 g/mol. The van der Waals surface area contributed by atoms with Crippen molar-refractivity contribution in [3.05, 3.63) is 23.2 Å². The van der Waals surface area contributed by atoms with Crippen molar-refractivity contribution in [2.24, 2.45) is 5.92 Å². The first-order valence-electron chi connectivity index (χ1n) is 8.28. The molecule has 1 aliphatic heterocycles. The Labute approximate surface area is 155 Å². The molecule has 144 valence electrons. The van der Waals surface area contributed by atoms with Gasteiger partial charge in [0.1, 0.15) is 0 Å². The molecule has 1 N–H and O–H groups in total. The van der Waals surface area contributed by atoms with Crippen LogP contribution in [0.2, 0.25) is 5.02 Å². The molecule has 0 atom stereocenters. The van der Waals surface area contributed by atoms with Crippen molar-refractivity contribution in [2.45, 2.75) is 26.4 Å². The van der Waals surface area contributed by atoms with Gasteiger partial charge in [0, 0.05) is 38.3 Å². The number of carbonyl (C=O) groups excluding carboxylic acids is 2. The van der Waals surface area contributed by atoms with Gasteiger partial charge in [-0.05, 0) is 24.1 Å². The lowest BCUT2D eigenvalue weighted by molar-refractivity contribution is -0.167. The molecule has 1 heterocycles. The summed E-state index contributed by atoms with van der Waals surface area (Å²) >= 11 is 6.17. The molecule has 1 aromatic rings. The van der Waals surface area contributed by atoms with Crippen molar-refractivity contribution in [2.75, 3.05) is 36.4 Å². The van der Waals surface area contributed by atoms with E-state index in [2.05, 4.69) is 0 Å². The predicted octanol–water partition coefficient (Wildman–Crippen LogP) is 3.54. The summed E-state index contributed by atoms with van der Waals surface area (Å²) in [5.41, 5.74) is 0.638. The Morgan fingerprint density at radius 3 is 2.31 bits per heavy atom. The van der Waals surface area contributed by atoms with Gasteiger partial charge in [-0.2, -0.15) is 13.2 Å². The number of alkyl halides is 3. The average Bonchev–Trinajstić information content (AvgIpc) is 2.53. The summed E-state index contributed by atoms with van der Waals surface area (Å²) in [6.07, 6.45) is -4.45. The summed E-state index contributed by atoms with van der Waals surface area (Å²) in [5, 5.41) is 2.02. The fraction of sp³-hybridized carbons (Fsp3) is 0.529. The third-order valence-corrected chi connectivity index (χ3v) is 4.32. The average molecular weight is 392 g/mol. The number of nitrogens with one attached hydrogen (secondary N) is 1. The summed E-state index contributed by atoms with van der Waals surface area (Å²) in [4.78, 5) is 26.9. The molecule has 5 nitrogen and oxygen atoms in total. The molecular formula is C17H21ClF3N3O2. The first-order chi connectivity index (χ1) is 12.1. The Kier molecular flexibility index (Phi) is 6.39. The highest BCUT2D eigenvalue weighted by Gasteiger charge is 2.38. The smallest absolute Gasteiger partial charge is 0.367 e. The monoisotopic (exact) mass is 391 g/mol. The topological polar surface area (TPSA) is 52.7 Å². The summed E-state index contributed by atoms with van der Waals surface area (Å²) < 4.78 is 36.9. The van der Waals surface area contributed by atoms with Gasteiger partial charge in [-0.1, -0.05) is 25.4 Å². The lowest BCUT2D eigenvalue weighted by atomic mass is 10.1. The SMILES string of the molecule is CC(C)CC(=O)N1CCN(c2ccc(NC(=O)C(F)(F)F)cc2Cl)CC1. The number of hydrogen-bond donors (Lipinski definition) is 1. The van der Waals surface area contributed by atoms with E-state index in [0.29, 0.717) is 44.2 Å². The number of amides is 2. The molecule has 0 saturated carbocycles. The van der Waals surface area contributed by atoms with Crippen molar-refractivity contribution in [3.63, 3.8) is 0 Å². The maximum absolute atomic E-state index is 12.3. The first-order valence-corrected chi connectivity index (χ1v) is 8.66. The number of anilines is 2. The first kappa shape index (κ1) is 20.4. The van der Waals surface area contributed by atoms with Crippen LogP contribution in [0.4, 0.5) is 24.5 Å². The fourth-order valence-corrected chi connectivity index (χ4v) is 3.02. The fourth-order valence-electron chi connectivity index (χ4n) is 2.72. The van der Waals surface area contributed by atoms with E-state index in [1.165, 1.54) is 12.1 Å². The maximum Gasteiger partial charge on any atom is 0.471 e. The van der Waals surface area contributed by atoms with Crippen LogP contribution in [0.25, 0.3) is 0 Å². The minimum absolute atomic E-state index is 0.0215. The number of piperazine rings is 1. The van der Waals surface area contributed by atoms with E-state index in [4.69, 9.17) is 11.6 Å². The molecule has 26 heavy (non-hydrogen) atoms. The molecule has 2 amide bonds. The minimum Gasteiger partial charge on any atom is -0.367 e. The summed E-state index contributed by atoms with van der Waals surface area (Å²) in [6, 6.07) is 4.23. The normalized spacial score (nSPS) is 15.3. The second-order valence-electron chi connectivity index (χ2n) is 6.58. The zero-order valence-corrected chi connectivity index (χ0v) is 15.3. The molecule has 0 aliphatic carbocycles. The summed E-state index contributed by atoms with van der Waals surface area (Å²) in [5.74, 6) is -1.62. The Bertz CT molecular complexity index is 672. The number of hydrogen-bond acceptors (Lipinski definition) is 3. The molecule has 1 saturated heterocycles. The standard InChI is InChI=1S/C17H21ClF3N3O2/c1-11(2)9-15(25)24-7-5-23(6-8-24)14-4-3-12(10-13(14)18)22-16(26)17(19,20)21/h3-4,10-11H,5-9H2,1-2H3,(H,22,26). The minimum atomic E-state index is -4.95. The maximum atomic E-state index is 12.3. The number of benzene rings is 1. The van der Waals surface area contributed by atoms with E-state index < -0.39 is 12.1 Å². The number of nitrogens with zero attached hydrogens (tertiary/aromatic N) is 2. The van der Waals surface area contributed by atoms with Crippen LogP contribution in [0.5, 0.6) is 0 Å². The van der Waals surface area contributed by atoms with Crippen LogP contribution in [0.3, 0.4) is 0 Å². The van der Waals surface area contributed by atoms with Crippen LogP contribution in [0.1, 0.15) is 20.3 Å². The van der Waals surface area contributed by atoms with Crippen molar-refractivity contribution < 1.29 is 22.8 Å². The summed E-state index contributed by atoms with van der Waals surface area (Å²) in [7, 11) is 0. The van der Waals surface area contributed by atoms with E-state index >= 15 is 0 Å². The van der Waals surface area contributed by atoms with Gasteiger partial charge in [0.15, 0.2) is 0 Å². The molecule has 0 radical (unpaired) electrons. The molecule has 1 aliphatic rings. The lowest BCUT2D eigenvalue weighted by Crippen LogP contribution is -2.49. The second kappa shape index (κ2) is 8.16. The third kappa shape index (κ3) is 5.27. The molecule has 0 unspecified atom stereocenters. The van der Waals surface area contributed by atoms with E-state index in [9.17, 15) is 22.8 Å². The zero-order valence-electron chi connectivity index (χ0n) is 14.6. The molecule has 0 aromatic heterocycles. The van der Waals surface area contributed by atoms with Gasteiger partial charge in [0.05, 0.1) is 10.7 Å². The second-order valence-corrected chi connectivity index (χ2v) is 6.99. The van der Waals surface area contributed by atoms with Gasteiger partial charge in [0.25, 0.3) is 0 Å². The zero-order chi connectivity index (χ0) is 19.5. The van der Waals surface area contributed by atoms with Crippen LogP contribution in [-0.4, -0.2) is 49.1 Å². The van der Waals surface area contributed by atoms with Gasteiger partial charge < -0.3 is 15.1 Å². The number of rotatable bonds is 4. The highest BCUT2D eigenvalue weighted by molar-refractivity contribution is 6.33. The summed E-state index contributed by atoms with van der Waals surface area (Å²) in [6.45, 7) is 6.28. The van der Waals surface area contributed by atoms with Gasteiger partial charge in [-0.3, -0.25) is 9.59 Å². The Balaban J connectivity index is 1.98. The Morgan fingerprint density at radius 2 is 1.81 bits per heavy atom. The van der Waals surface area contributed by atoms with Crippen LogP contribution in [-0.2, 0) is 9.59 Å². The van der Waals surface area contributed by atoms with Gasteiger partial charge in [-0.25, -0.2) is 0 Å². The lowest BCUT2D eigenvalue weighted by Gasteiger charge is -2.36. The van der Waals surface area contributed by atoms with E-state index in [-0.39, 0.29) is 16.6 Å². The van der Waals surface area contributed by atoms with Crippen LogP contribution in [0, 0.1) is 5.92 Å². The molecule has 9 heteroatoms. The predicted molar refractivity (Wildman–Crippen MR) is 94.4 cm³/mol. The van der Waals surface area contributed by atoms with Crippen molar-refractivity contribution in [3.8, 4) is 0 Å². The molecule has 1 aromatic carbocycles. The molecule has 1 fully saturated rings. The molecule has 2 rings (SSSR count). The van der Waals surface area contributed by atoms with E-state index in [1.54, 1.807) is 11.4 Å². The largest absolute Gasteiger partial charge is 0.471 e. The highest BCUT2D eigenvalue weighted by Crippen LogP contribution is 2.30. The molecule has 0 bridgehead atoms. The van der Waals surface area contributed by atoms with Crippen molar-refractivity contribution in [1.82, 2.24) is 4.90 Å². The van der Waals surface area contributed by atoms with Crippen LogP contribution < -0.4 is 10.2 Å². The highest BCUT2D eigenvalue weighted by atomic mass is 35.5. The third-order valence-electron chi connectivity index (χ3n) is 4.02. The van der Waals surface area contributed by atoms with Gasteiger partial charge >= 0.3 is 12.1 Å². The van der Waals surface area contributed by atoms with Crippen molar-refractivity contribution in [1.29, 1.82) is 0 Å². The van der Waals surface area contributed by atoms with E-state index in [0.717, 1.165) is 0 Å². The van der Waals surface area contributed by atoms with Crippen LogP contribution >= 0.6 is 11.6 Å². The van der Waals surface area contributed by atoms with Gasteiger partial charge in [-0.15, -0.1) is 0 Å².